The van der Waals surface area contributed by atoms with Crippen LogP contribution in [0.1, 0.15) is 22.7 Å². The zero-order valence-electron chi connectivity index (χ0n) is 15.4. The van der Waals surface area contributed by atoms with E-state index in [0.717, 1.165) is 48.9 Å². The molecule has 5 rings (SSSR count). The Bertz CT molecular complexity index is 1150. The molecule has 0 saturated carbocycles. The first-order valence-corrected chi connectivity index (χ1v) is 9.18. The van der Waals surface area contributed by atoms with E-state index >= 15 is 0 Å². The van der Waals surface area contributed by atoms with Gasteiger partial charge >= 0.3 is 0 Å². The topological polar surface area (TPSA) is 71.5 Å². The number of fused-ring (bicyclic) bond motifs is 2. The molecule has 0 saturated heterocycles. The number of rotatable bonds is 4. The van der Waals surface area contributed by atoms with Gasteiger partial charge in [-0.2, -0.15) is 0 Å². The maximum atomic E-state index is 13.5. The first kappa shape index (κ1) is 16.9. The van der Waals surface area contributed by atoms with Crippen LogP contribution < -0.4 is 5.32 Å². The zero-order valence-corrected chi connectivity index (χ0v) is 15.4. The molecule has 3 aromatic heterocycles. The highest BCUT2D eigenvalue weighted by molar-refractivity contribution is 5.60. The fourth-order valence-corrected chi connectivity index (χ4v) is 3.60. The summed E-state index contributed by atoms with van der Waals surface area (Å²) in [5.41, 5.74) is 3.72. The largest absolute Gasteiger partial charge is 0.359 e. The van der Waals surface area contributed by atoms with Crippen LogP contribution in [-0.4, -0.2) is 31.2 Å². The number of benzene rings is 1. The Kier molecular flexibility index (Phi) is 4.05. The van der Waals surface area contributed by atoms with E-state index in [1.807, 2.05) is 17.4 Å². The molecule has 4 heterocycles. The number of hydrogen-bond acceptors (Lipinski definition) is 6. The van der Waals surface area contributed by atoms with Gasteiger partial charge in [0.05, 0.1) is 5.56 Å². The van der Waals surface area contributed by atoms with Crippen molar-refractivity contribution in [2.24, 2.45) is 0 Å². The molecule has 0 aliphatic carbocycles. The summed E-state index contributed by atoms with van der Waals surface area (Å²) in [5, 5.41) is 15.6. The molecule has 0 fully saturated rings. The molecule has 28 heavy (non-hydrogen) atoms. The second-order valence-electron chi connectivity index (χ2n) is 7.04. The molecule has 142 valence electrons. The van der Waals surface area contributed by atoms with E-state index < -0.39 is 0 Å². The van der Waals surface area contributed by atoms with Gasteiger partial charge in [-0.3, -0.25) is 9.30 Å². The molecule has 1 N–H and O–H groups in total. The summed E-state index contributed by atoms with van der Waals surface area (Å²) in [5.74, 6) is 2.12. The van der Waals surface area contributed by atoms with Gasteiger partial charge in [0.25, 0.3) is 0 Å². The average Bonchev–Trinajstić information content (AvgIpc) is 3.26. The van der Waals surface area contributed by atoms with E-state index in [0.29, 0.717) is 11.5 Å². The van der Waals surface area contributed by atoms with Crippen molar-refractivity contribution >= 4 is 17.2 Å². The van der Waals surface area contributed by atoms with Crippen LogP contribution in [0.4, 0.5) is 15.9 Å². The summed E-state index contributed by atoms with van der Waals surface area (Å²) >= 11 is 0. The second-order valence-corrected chi connectivity index (χ2v) is 7.04. The van der Waals surface area contributed by atoms with Gasteiger partial charge < -0.3 is 9.84 Å². The van der Waals surface area contributed by atoms with E-state index in [-0.39, 0.29) is 5.82 Å². The highest BCUT2D eigenvalue weighted by atomic mass is 19.1. The van der Waals surface area contributed by atoms with Crippen molar-refractivity contribution in [2.75, 3.05) is 11.9 Å². The molecular formula is C20H19FN6O. The van der Waals surface area contributed by atoms with Crippen LogP contribution in [0, 0.1) is 12.7 Å². The molecule has 1 aromatic carbocycles. The van der Waals surface area contributed by atoms with Gasteiger partial charge in [0, 0.05) is 37.9 Å². The first-order chi connectivity index (χ1) is 13.7. The van der Waals surface area contributed by atoms with E-state index in [1.165, 1.54) is 17.7 Å². The van der Waals surface area contributed by atoms with Crippen LogP contribution in [0.2, 0.25) is 0 Å². The smallest absolute Gasteiger partial charge is 0.178 e. The van der Waals surface area contributed by atoms with Crippen LogP contribution in [0.15, 0.2) is 47.1 Å². The maximum absolute atomic E-state index is 13.5. The Morgan fingerprint density at radius 1 is 1.21 bits per heavy atom. The summed E-state index contributed by atoms with van der Waals surface area (Å²) in [6.07, 6.45) is 2.88. The van der Waals surface area contributed by atoms with Crippen molar-refractivity contribution in [1.29, 1.82) is 0 Å². The average molecular weight is 378 g/mol. The summed E-state index contributed by atoms with van der Waals surface area (Å²) in [6, 6.07) is 10.4. The number of nitrogens with one attached hydrogen (secondary N) is 1. The normalized spacial score (nSPS) is 14.4. The SMILES string of the molecule is Cc1nnc2ccc(CN3CCc4onc(Nc5cccc(F)c5)c4C3)cn12. The lowest BCUT2D eigenvalue weighted by Gasteiger charge is -2.26. The van der Waals surface area contributed by atoms with E-state index in [2.05, 4.69) is 37.8 Å². The lowest BCUT2D eigenvalue weighted by atomic mass is 10.1. The number of hydrogen-bond donors (Lipinski definition) is 1. The number of anilines is 2. The van der Waals surface area contributed by atoms with E-state index in [4.69, 9.17) is 4.52 Å². The fourth-order valence-electron chi connectivity index (χ4n) is 3.60. The van der Waals surface area contributed by atoms with Gasteiger partial charge in [0.1, 0.15) is 17.4 Å². The summed E-state index contributed by atoms with van der Waals surface area (Å²) < 4.78 is 21.0. The third-order valence-electron chi connectivity index (χ3n) is 5.03. The van der Waals surface area contributed by atoms with Crippen molar-refractivity contribution in [3.05, 3.63) is 71.1 Å². The lowest BCUT2D eigenvalue weighted by Crippen LogP contribution is -2.29. The molecule has 0 amide bonds. The molecular weight excluding hydrogens is 359 g/mol. The molecule has 1 aliphatic heterocycles. The van der Waals surface area contributed by atoms with Crippen molar-refractivity contribution in [2.45, 2.75) is 26.4 Å². The summed E-state index contributed by atoms with van der Waals surface area (Å²) in [4.78, 5) is 2.34. The summed E-state index contributed by atoms with van der Waals surface area (Å²) in [6.45, 7) is 4.35. The van der Waals surface area contributed by atoms with Crippen molar-refractivity contribution in [1.82, 2.24) is 24.7 Å². The fraction of sp³-hybridized carbons (Fsp3) is 0.250. The van der Waals surface area contributed by atoms with E-state index in [1.54, 1.807) is 12.1 Å². The molecule has 0 bridgehead atoms. The van der Waals surface area contributed by atoms with Crippen LogP contribution in [0.3, 0.4) is 0 Å². The minimum Gasteiger partial charge on any atom is -0.359 e. The Labute approximate surface area is 160 Å². The lowest BCUT2D eigenvalue weighted by molar-refractivity contribution is 0.228. The molecule has 7 nitrogen and oxygen atoms in total. The van der Waals surface area contributed by atoms with E-state index in [9.17, 15) is 4.39 Å². The Morgan fingerprint density at radius 2 is 2.14 bits per heavy atom. The third-order valence-corrected chi connectivity index (χ3v) is 5.03. The highest BCUT2D eigenvalue weighted by Gasteiger charge is 2.24. The predicted octanol–water partition coefficient (Wildman–Crippen LogP) is 3.47. The number of nitrogens with zero attached hydrogens (tertiary/aromatic N) is 5. The van der Waals surface area contributed by atoms with Crippen LogP contribution in [0.5, 0.6) is 0 Å². The molecule has 1 aliphatic rings. The minimum absolute atomic E-state index is 0.288. The molecule has 0 atom stereocenters. The van der Waals surface area contributed by atoms with Gasteiger partial charge in [-0.25, -0.2) is 4.39 Å². The molecule has 4 aromatic rings. The first-order valence-electron chi connectivity index (χ1n) is 9.18. The Morgan fingerprint density at radius 3 is 3.04 bits per heavy atom. The third kappa shape index (κ3) is 3.11. The standard InChI is InChI=1S/C20H19FN6O/c1-13-23-24-19-6-5-14(11-27(13)19)10-26-8-7-18-17(12-26)20(25-28-18)22-16-4-2-3-15(21)9-16/h2-6,9,11H,7-8,10,12H2,1H3,(H,22,25). The van der Waals surface area contributed by atoms with Crippen molar-refractivity contribution < 1.29 is 8.91 Å². The minimum atomic E-state index is -0.288. The van der Waals surface area contributed by atoms with Crippen LogP contribution in [0.25, 0.3) is 5.65 Å². The highest BCUT2D eigenvalue weighted by Crippen LogP contribution is 2.29. The van der Waals surface area contributed by atoms with Gasteiger partial charge in [0.15, 0.2) is 11.5 Å². The molecule has 0 spiro atoms. The van der Waals surface area contributed by atoms with Crippen molar-refractivity contribution in [3.63, 3.8) is 0 Å². The zero-order chi connectivity index (χ0) is 19.1. The van der Waals surface area contributed by atoms with Crippen molar-refractivity contribution in [3.8, 4) is 0 Å². The molecule has 0 radical (unpaired) electrons. The number of halogens is 1. The number of aromatic nitrogens is 4. The van der Waals surface area contributed by atoms with Gasteiger partial charge in [0.2, 0.25) is 0 Å². The van der Waals surface area contributed by atoms with Crippen LogP contribution in [-0.2, 0) is 19.5 Å². The molecule has 0 unspecified atom stereocenters. The Hall–Kier alpha value is -3.26. The maximum Gasteiger partial charge on any atom is 0.178 e. The number of pyridine rings is 1. The summed E-state index contributed by atoms with van der Waals surface area (Å²) in [7, 11) is 0. The molecule has 8 heteroatoms. The van der Waals surface area contributed by atoms with Gasteiger partial charge in [-0.05, 0) is 36.8 Å². The monoisotopic (exact) mass is 378 g/mol. The quantitative estimate of drug-likeness (QED) is 0.586. The van der Waals surface area contributed by atoms with Gasteiger partial charge in [-0.1, -0.05) is 17.3 Å². The predicted molar refractivity (Wildman–Crippen MR) is 102 cm³/mol. The van der Waals surface area contributed by atoms with Gasteiger partial charge in [-0.15, -0.1) is 10.2 Å². The number of aryl methyl sites for hydroxylation is 1. The van der Waals surface area contributed by atoms with Crippen LogP contribution >= 0.6 is 0 Å². The second kappa shape index (κ2) is 6.72. The Balaban J connectivity index is 1.35.